The predicted molar refractivity (Wildman–Crippen MR) is 84.5 cm³/mol. The second kappa shape index (κ2) is 12.7. The molecule has 0 aliphatic heterocycles. The van der Waals surface area contributed by atoms with E-state index in [1.165, 1.54) is 0 Å². The number of nitrogens with two attached hydrogens (primary N) is 1. The number of carbonyl (C=O) groups is 1. The molecular formula is C16H31NO3. The van der Waals surface area contributed by atoms with E-state index in [0.717, 1.165) is 18.4 Å². The van der Waals surface area contributed by atoms with Gasteiger partial charge in [-0.2, -0.15) is 0 Å². The molecule has 0 aromatic carbocycles. The standard InChI is InChI=1S/C14H25NO3.C2H6/c1-10(5-6-11(2)12(3)16)9-14(13(4)17)18-8-7-15;1-2/h9,11,17H,5-8,15H2,1-4H3;1-2H3/b10-9+,14-13-;. The monoisotopic (exact) mass is 285 g/mol. The molecule has 0 rings (SSSR count). The Labute approximate surface area is 123 Å². The minimum absolute atomic E-state index is 0.0703. The number of carbonyl (C=O) groups excluding carboxylic acids is 1. The topological polar surface area (TPSA) is 72.5 Å². The molecule has 4 heteroatoms. The van der Waals surface area contributed by atoms with Crippen LogP contribution in [0.1, 0.15) is 54.4 Å². The van der Waals surface area contributed by atoms with Crippen LogP contribution in [0.2, 0.25) is 0 Å². The normalized spacial score (nSPS) is 13.8. The van der Waals surface area contributed by atoms with Gasteiger partial charge in [0.2, 0.25) is 0 Å². The van der Waals surface area contributed by atoms with Gasteiger partial charge >= 0.3 is 0 Å². The van der Waals surface area contributed by atoms with Crippen LogP contribution >= 0.6 is 0 Å². The van der Waals surface area contributed by atoms with Crippen LogP contribution in [0.15, 0.2) is 23.2 Å². The third-order valence-electron chi connectivity index (χ3n) is 2.78. The highest BCUT2D eigenvalue weighted by Crippen LogP contribution is 2.16. The fraction of sp³-hybridized carbons (Fsp3) is 0.688. The lowest BCUT2D eigenvalue weighted by Gasteiger charge is -2.10. The average Bonchev–Trinajstić information content (AvgIpc) is 2.42. The number of aliphatic hydroxyl groups excluding tert-OH is 1. The van der Waals surface area contributed by atoms with Gasteiger partial charge in [0, 0.05) is 12.5 Å². The summed E-state index contributed by atoms with van der Waals surface area (Å²) in [6.07, 6.45) is 3.42. The number of aliphatic hydroxyl groups is 1. The Morgan fingerprint density at radius 1 is 1.30 bits per heavy atom. The van der Waals surface area contributed by atoms with Gasteiger partial charge in [-0.3, -0.25) is 4.79 Å². The van der Waals surface area contributed by atoms with E-state index in [4.69, 9.17) is 10.5 Å². The van der Waals surface area contributed by atoms with Crippen molar-refractivity contribution in [2.75, 3.05) is 13.2 Å². The first-order valence-corrected chi connectivity index (χ1v) is 7.28. The van der Waals surface area contributed by atoms with Crippen molar-refractivity contribution in [3.8, 4) is 0 Å². The van der Waals surface area contributed by atoms with E-state index in [9.17, 15) is 9.90 Å². The maximum atomic E-state index is 11.1. The van der Waals surface area contributed by atoms with E-state index in [1.54, 1.807) is 19.9 Å². The van der Waals surface area contributed by atoms with Crippen molar-refractivity contribution in [3.63, 3.8) is 0 Å². The van der Waals surface area contributed by atoms with E-state index in [1.807, 2.05) is 27.7 Å². The molecule has 0 bridgehead atoms. The van der Waals surface area contributed by atoms with Crippen LogP contribution in [-0.2, 0) is 9.53 Å². The molecule has 20 heavy (non-hydrogen) atoms. The molecule has 0 radical (unpaired) electrons. The zero-order valence-electron chi connectivity index (χ0n) is 13.8. The number of hydrogen-bond acceptors (Lipinski definition) is 4. The third kappa shape index (κ3) is 10.6. The second-order valence-corrected chi connectivity index (χ2v) is 4.63. The number of hydrogen-bond donors (Lipinski definition) is 2. The number of rotatable bonds is 8. The van der Waals surface area contributed by atoms with Gasteiger partial charge in [0.05, 0.1) is 0 Å². The summed E-state index contributed by atoms with van der Waals surface area (Å²) < 4.78 is 5.34. The SMILES string of the molecule is CC.CC(=O)C(C)CC/C(C)=C/C(OCCN)=C(\C)O. The van der Waals surface area contributed by atoms with Crippen molar-refractivity contribution in [1.82, 2.24) is 0 Å². The highest BCUT2D eigenvalue weighted by molar-refractivity contribution is 5.77. The van der Waals surface area contributed by atoms with Crippen molar-refractivity contribution in [2.24, 2.45) is 11.7 Å². The molecule has 0 aromatic heterocycles. The van der Waals surface area contributed by atoms with E-state index >= 15 is 0 Å². The van der Waals surface area contributed by atoms with Gasteiger partial charge in [0.25, 0.3) is 0 Å². The molecule has 4 nitrogen and oxygen atoms in total. The van der Waals surface area contributed by atoms with Gasteiger partial charge in [-0.25, -0.2) is 0 Å². The van der Waals surface area contributed by atoms with Crippen LogP contribution in [0, 0.1) is 5.92 Å². The summed E-state index contributed by atoms with van der Waals surface area (Å²) in [5.41, 5.74) is 6.42. The molecule has 0 amide bonds. The molecule has 0 saturated carbocycles. The van der Waals surface area contributed by atoms with Gasteiger partial charge in [0.15, 0.2) is 5.76 Å². The quantitative estimate of drug-likeness (QED) is 0.526. The Kier molecular flexibility index (Phi) is 13.4. The lowest BCUT2D eigenvalue weighted by atomic mass is 9.98. The van der Waals surface area contributed by atoms with Crippen molar-refractivity contribution < 1.29 is 14.6 Å². The van der Waals surface area contributed by atoms with Crippen LogP contribution in [0.3, 0.4) is 0 Å². The smallest absolute Gasteiger partial charge is 0.156 e. The van der Waals surface area contributed by atoms with Gasteiger partial charge in [0.1, 0.15) is 18.1 Å². The fourth-order valence-corrected chi connectivity index (χ4v) is 1.36. The summed E-state index contributed by atoms with van der Waals surface area (Å²) in [6.45, 7) is 11.9. The first-order valence-electron chi connectivity index (χ1n) is 7.28. The molecule has 0 aliphatic rings. The van der Waals surface area contributed by atoms with Crippen LogP contribution in [-0.4, -0.2) is 24.0 Å². The van der Waals surface area contributed by atoms with Crippen molar-refractivity contribution in [2.45, 2.75) is 54.4 Å². The van der Waals surface area contributed by atoms with Crippen molar-refractivity contribution in [3.05, 3.63) is 23.2 Å². The van der Waals surface area contributed by atoms with E-state index in [0.29, 0.717) is 18.9 Å². The van der Waals surface area contributed by atoms with E-state index in [2.05, 4.69) is 0 Å². The molecule has 0 fully saturated rings. The number of allylic oxidation sites excluding steroid dienone is 3. The Morgan fingerprint density at radius 3 is 2.25 bits per heavy atom. The Morgan fingerprint density at radius 2 is 1.85 bits per heavy atom. The van der Waals surface area contributed by atoms with Crippen LogP contribution < -0.4 is 5.73 Å². The summed E-state index contributed by atoms with van der Waals surface area (Å²) >= 11 is 0. The first kappa shape index (κ1) is 21.0. The Balaban J connectivity index is 0. The highest BCUT2D eigenvalue weighted by Gasteiger charge is 2.08. The van der Waals surface area contributed by atoms with Gasteiger partial charge in [-0.1, -0.05) is 26.3 Å². The third-order valence-corrected chi connectivity index (χ3v) is 2.78. The highest BCUT2D eigenvalue weighted by atomic mass is 16.5. The maximum Gasteiger partial charge on any atom is 0.156 e. The number of Topliss-reactive ketones (excluding diaryl/α,β-unsaturated/α-hetero) is 1. The molecule has 0 aromatic rings. The van der Waals surface area contributed by atoms with Crippen LogP contribution in [0.25, 0.3) is 0 Å². The zero-order valence-corrected chi connectivity index (χ0v) is 13.8. The minimum atomic E-state index is 0.0703. The van der Waals surface area contributed by atoms with Gasteiger partial charge in [-0.15, -0.1) is 0 Å². The molecule has 0 heterocycles. The predicted octanol–water partition coefficient (Wildman–Crippen LogP) is 3.73. The molecule has 0 spiro atoms. The van der Waals surface area contributed by atoms with Crippen molar-refractivity contribution in [1.29, 1.82) is 0 Å². The largest absolute Gasteiger partial charge is 0.509 e. The fourth-order valence-electron chi connectivity index (χ4n) is 1.36. The Hall–Kier alpha value is -1.29. The molecule has 1 atom stereocenters. The van der Waals surface area contributed by atoms with Crippen LogP contribution in [0.4, 0.5) is 0 Å². The van der Waals surface area contributed by atoms with E-state index in [-0.39, 0.29) is 17.5 Å². The molecule has 118 valence electrons. The summed E-state index contributed by atoms with van der Waals surface area (Å²) in [5.74, 6) is 0.869. The first-order chi connectivity index (χ1) is 9.38. The summed E-state index contributed by atoms with van der Waals surface area (Å²) in [4.78, 5) is 11.1. The van der Waals surface area contributed by atoms with Crippen LogP contribution in [0.5, 0.6) is 0 Å². The van der Waals surface area contributed by atoms with E-state index < -0.39 is 0 Å². The summed E-state index contributed by atoms with van der Waals surface area (Å²) in [6, 6.07) is 0. The van der Waals surface area contributed by atoms with Gasteiger partial charge < -0.3 is 15.6 Å². The minimum Gasteiger partial charge on any atom is -0.509 e. The number of ketones is 1. The maximum absolute atomic E-state index is 11.1. The summed E-state index contributed by atoms with van der Waals surface area (Å²) in [7, 11) is 0. The molecule has 0 aliphatic carbocycles. The lowest BCUT2D eigenvalue weighted by molar-refractivity contribution is -0.120. The lowest BCUT2D eigenvalue weighted by Crippen LogP contribution is -2.09. The van der Waals surface area contributed by atoms with Crippen molar-refractivity contribution >= 4 is 5.78 Å². The average molecular weight is 285 g/mol. The molecule has 1 unspecified atom stereocenters. The van der Waals surface area contributed by atoms with Gasteiger partial charge in [-0.05, 0) is 39.7 Å². The zero-order chi connectivity index (χ0) is 16.1. The molecular weight excluding hydrogens is 254 g/mol. The molecule has 3 N–H and O–H groups in total. The summed E-state index contributed by atoms with van der Waals surface area (Å²) in [5, 5.41) is 9.47. The Bertz CT molecular complexity index is 329. The molecule has 0 saturated heterocycles. The second-order valence-electron chi connectivity index (χ2n) is 4.63. The number of ether oxygens (including phenoxy) is 1.